The number of hydrogen-bond acceptors (Lipinski definition) is 7. The van der Waals surface area contributed by atoms with Gasteiger partial charge in [-0.15, -0.1) is 11.3 Å². The summed E-state index contributed by atoms with van der Waals surface area (Å²) >= 11 is 1.69. The predicted octanol–water partition coefficient (Wildman–Crippen LogP) is 2.23. The number of thiophene rings is 1. The summed E-state index contributed by atoms with van der Waals surface area (Å²) in [4.78, 5) is 25.3. The molecule has 152 valence electrons. The average Bonchev–Trinajstić information content (AvgIpc) is 3.19. The molecule has 9 heteroatoms. The molecule has 7 nitrogen and oxygen atoms in total. The van der Waals surface area contributed by atoms with Crippen LogP contribution in [0.3, 0.4) is 0 Å². The molecule has 0 saturated carbocycles. The fourth-order valence-corrected chi connectivity index (χ4v) is 7.30. The maximum Gasteiger partial charge on any atom is 0.260 e. The Bertz CT molecular complexity index is 1000. The van der Waals surface area contributed by atoms with Gasteiger partial charge >= 0.3 is 0 Å². The minimum Gasteiger partial charge on any atom is -0.467 e. The van der Waals surface area contributed by atoms with E-state index < -0.39 is 9.84 Å². The Morgan fingerprint density at radius 1 is 1.36 bits per heavy atom. The first kappa shape index (κ1) is 19.6. The van der Waals surface area contributed by atoms with Gasteiger partial charge in [0, 0.05) is 17.5 Å². The van der Waals surface area contributed by atoms with Crippen LogP contribution < -0.4 is 4.74 Å². The highest BCUT2D eigenvalue weighted by atomic mass is 32.2. The van der Waals surface area contributed by atoms with E-state index in [2.05, 4.69) is 16.9 Å². The summed E-state index contributed by atoms with van der Waals surface area (Å²) in [7, 11) is -3.04. The second kappa shape index (κ2) is 7.59. The van der Waals surface area contributed by atoms with Crippen LogP contribution in [0.25, 0.3) is 10.2 Å². The van der Waals surface area contributed by atoms with Crippen LogP contribution in [0.5, 0.6) is 5.88 Å². The van der Waals surface area contributed by atoms with Gasteiger partial charge in [0.05, 0.1) is 16.9 Å². The zero-order valence-electron chi connectivity index (χ0n) is 16.2. The molecule has 0 bridgehead atoms. The number of fused-ring (bicyclic) bond motifs is 3. The zero-order chi connectivity index (χ0) is 19.9. The third-order valence-corrected chi connectivity index (χ3v) is 8.61. The Balaban J connectivity index is 1.52. The summed E-state index contributed by atoms with van der Waals surface area (Å²) in [6, 6.07) is -0.257. The molecule has 4 rings (SSSR count). The molecule has 2 aromatic heterocycles. The van der Waals surface area contributed by atoms with Gasteiger partial charge in [-0.3, -0.25) is 4.79 Å². The molecule has 3 heterocycles. The minimum atomic E-state index is -3.04. The van der Waals surface area contributed by atoms with Gasteiger partial charge in [-0.25, -0.2) is 18.4 Å². The Morgan fingerprint density at radius 3 is 2.89 bits per heavy atom. The maximum absolute atomic E-state index is 12.7. The van der Waals surface area contributed by atoms with Crippen molar-refractivity contribution in [2.24, 2.45) is 5.92 Å². The molecule has 1 amide bonds. The van der Waals surface area contributed by atoms with E-state index in [0.717, 1.165) is 29.5 Å². The molecule has 1 aliphatic carbocycles. The summed E-state index contributed by atoms with van der Waals surface area (Å²) in [6.45, 7) is 4.45. The first-order valence-electron chi connectivity index (χ1n) is 9.76. The molecule has 1 saturated heterocycles. The molecule has 0 aromatic carbocycles. The molecule has 0 N–H and O–H groups in total. The third kappa shape index (κ3) is 3.74. The van der Waals surface area contributed by atoms with Gasteiger partial charge in [0.2, 0.25) is 5.88 Å². The van der Waals surface area contributed by atoms with Crippen molar-refractivity contribution in [1.82, 2.24) is 14.9 Å². The van der Waals surface area contributed by atoms with Gasteiger partial charge in [0.15, 0.2) is 16.4 Å². The smallest absolute Gasteiger partial charge is 0.260 e. The number of aryl methyl sites for hydroxylation is 1. The van der Waals surface area contributed by atoms with Crippen molar-refractivity contribution in [2.75, 3.05) is 24.7 Å². The van der Waals surface area contributed by atoms with Crippen LogP contribution in [0.1, 0.15) is 37.1 Å². The lowest BCUT2D eigenvalue weighted by Crippen LogP contribution is -2.43. The van der Waals surface area contributed by atoms with E-state index >= 15 is 0 Å². The fourth-order valence-electron chi connectivity index (χ4n) is 4.23. The Morgan fingerprint density at radius 2 is 2.18 bits per heavy atom. The predicted molar refractivity (Wildman–Crippen MR) is 109 cm³/mol. The largest absolute Gasteiger partial charge is 0.467 e. The van der Waals surface area contributed by atoms with Crippen LogP contribution in [-0.2, 0) is 27.5 Å². The lowest BCUT2D eigenvalue weighted by atomic mass is 9.89. The number of aromatic nitrogens is 2. The molecule has 2 aliphatic rings. The van der Waals surface area contributed by atoms with Crippen molar-refractivity contribution >= 4 is 37.3 Å². The molecule has 0 spiro atoms. The van der Waals surface area contributed by atoms with E-state index in [1.54, 1.807) is 16.2 Å². The highest BCUT2D eigenvalue weighted by Gasteiger charge is 2.34. The summed E-state index contributed by atoms with van der Waals surface area (Å²) in [5.41, 5.74) is 1.26. The van der Waals surface area contributed by atoms with E-state index in [9.17, 15) is 13.2 Å². The molecule has 0 radical (unpaired) electrons. The van der Waals surface area contributed by atoms with Crippen molar-refractivity contribution < 1.29 is 17.9 Å². The summed E-state index contributed by atoms with van der Waals surface area (Å²) in [5.74, 6) is 1.12. The highest BCUT2D eigenvalue weighted by molar-refractivity contribution is 7.91. The lowest BCUT2D eigenvalue weighted by molar-refractivity contribution is -0.135. The first-order valence-corrected chi connectivity index (χ1v) is 12.4. The molecular weight excluding hydrogens is 398 g/mol. The van der Waals surface area contributed by atoms with E-state index in [1.807, 2.05) is 6.92 Å². The molecule has 2 atom stereocenters. The van der Waals surface area contributed by atoms with Crippen molar-refractivity contribution in [3.63, 3.8) is 0 Å². The molecule has 1 fully saturated rings. The first-order chi connectivity index (χ1) is 13.4. The van der Waals surface area contributed by atoms with Crippen molar-refractivity contribution in [3.8, 4) is 5.88 Å². The van der Waals surface area contributed by atoms with Gasteiger partial charge in [-0.2, -0.15) is 0 Å². The van der Waals surface area contributed by atoms with Gasteiger partial charge in [0.25, 0.3) is 5.91 Å². The van der Waals surface area contributed by atoms with Crippen LogP contribution >= 0.6 is 11.3 Å². The van der Waals surface area contributed by atoms with Crippen LogP contribution in [0.4, 0.5) is 0 Å². The molecule has 0 unspecified atom stereocenters. The van der Waals surface area contributed by atoms with Gasteiger partial charge in [0.1, 0.15) is 11.2 Å². The van der Waals surface area contributed by atoms with Crippen LogP contribution in [0.15, 0.2) is 6.33 Å². The SMILES string of the molecule is CCN(C(=O)COc1ncnc2sc3c(c12)CC[C@@H](C)C3)[C@@H]1CCS(=O)(=O)C1. The third-order valence-electron chi connectivity index (χ3n) is 5.70. The summed E-state index contributed by atoms with van der Waals surface area (Å²) < 4.78 is 29.4. The second-order valence-electron chi connectivity index (χ2n) is 7.74. The van der Waals surface area contributed by atoms with Gasteiger partial charge in [-0.1, -0.05) is 6.92 Å². The van der Waals surface area contributed by atoms with Gasteiger partial charge < -0.3 is 9.64 Å². The second-order valence-corrected chi connectivity index (χ2v) is 11.0. The standard InChI is InChI=1S/C19H25N3O4S2/c1-3-22(13-6-7-28(24,25)10-13)16(23)9-26-18-17-14-5-4-12(2)8-15(14)27-19(17)21-11-20-18/h11-13H,3-10H2,1-2H3/t12-,13-/m1/s1. The molecule has 2 aromatic rings. The van der Waals surface area contributed by atoms with Crippen LogP contribution in [-0.4, -0.2) is 59.9 Å². The normalized spacial score (nSPS) is 23.5. The van der Waals surface area contributed by atoms with Crippen molar-refractivity contribution in [2.45, 2.75) is 45.6 Å². The van der Waals surface area contributed by atoms with Gasteiger partial charge in [-0.05, 0) is 44.1 Å². The van der Waals surface area contributed by atoms with Crippen molar-refractivity contribution in [1.29, 1.82) is 0 Å². The Labute approximate surface area is 169 Å². The van der Waals surface area contributed by atoms with E-state index in [4.69, 9.17) is 4.74 Å². The quantitative estimate of drug-likeness (QED) is 0.733. The Kier molecular flexibility index (Phi) is 5.30. The Hall–Kier alpha value is -1.74. The van der Waals surface area contributed by atoms with E-state index in [-0.39, 0.29) is 30.1 Å². The fraction of sp³-hybridized carbons (Fsp3) is 0.632. The molecule has 28 heavy (non-hydrogen) atoms. The van der Waals surface area contributed by atoms with E-state index in [1.165, 1.54) is 16.8 Å². The zero-order valence-corrected chi connectivity index (χ0v) is 17.8. The molecule has 1 aliphatic heterocycles. The summed E-state index contributed by atoms with van der Waals surface area (Å²) in [5, 5.41) is 0.939. The number of carbonyl (C=O) groups is 1. The lowest BCUT2D eigenvalue weighted by Gasteiger charge is -2.26. The highest BCUT2D eigenvalue weighted by Crippen LogP contribution is 2.40. The van der Waals surface area contributed by atoms with E-state index in [0.29, 0.717) is 24.8 Å². The number of likely N-dealkylation sites (N-methyl/N-ethyl adjacent to an activating group) is 1. The number of amides is 1. The average molecular weight is 424 g/mol. The van der Waals surface area contributed by atoms with Crippen molar-refractivity contribution in [3.05, 3.63) is 16.8 Å². The minimum absolute atomic E-state index is 0.0422. The number of carbonyl (C=O) groups excluding carboxylic acids is 1. The number of hydrogen-bond donors (Lipinski definition) is 0. The summed E-state index contributed by atoms with van der Waals surface area (Å²) in [6.07, 6.45) is 5.14. The van der Waals surface area contributed by atoms with Crippen LogP contribution in [0.2, 0.25) is 0 Å². The number of nitrogens with zero attached hydrogens (tertiary/aromatic N) is 3. The number of ether oxygens (including phenoxy) is 1. The topological polar surface area (TPSA) is 89.5 Å². The monoisotopic (exact) mass is 423 g/mol. The maximum atomic E-state index is 12.7. The molecular formula is C19H25N3O4S2. The van der Waals surface area contributed by atoms with Crippen LogP contribution in [0, 0.1) is 5.92 Å². The number of rotatable bonds is 5. The number of sulfone groups is 1.